The van der Waals surface area contributed by atoms with E-state index in [1.807, 2.05) is 12.4 Å². The first-order valence-corrected chi connectivity index (χ1v) is 6.96. The van der Waals surface area contributed by atoms with Crippen LogP contribution in [0.4, 0.5) is 0 Å². The number of nitrogens with zero attached hydrogens (tertiary/aromatic N) is 2. The highest BCUT2D eigenvalue weighted by atomic mass is 32.1. The van der Waals surface area contributed by atoms with Crippen molar-refractivity contribution in [3.63, 3.8) is 0 Å². The molecule has 1 aliphatic heterocycles. The lowest BCUT2D eigenvalue weighted by Crippen LogP contribution is -2.31. The quantitative estimate of drug-likeness (QED) is 0.877. The van der Waals surface area contributed by atoms with Crippen LogP contribution in [0.1, 0.15) is 42.4 Å². The monoisotopic (exact) mass is 240 g/mol. The molecule has 1 N–H and O–H groups in total. The standard InChI is InChI=1S/C12H20N2OS/c1-10-12(16-9-13-10)11(15)5-8-14-6-3-2-4-7-14/h9,11,15H,2-8H2,1H3. The van der Waals surface area contributed by atoms with Crippen LogP contribution >= 0.6 is 11.3 Å². The molecule has 1 aromatic heterocycles. The van der Waals surface area contributed by atoms with Crippen molar-refractivity contribution in [2.45, 2.75) is 38.7 Å². The van der Waals surface area contributed by atoms with Gasteiger partial charge in [-0.1, -0.05) is 6.42 Å². The highest BCUT2D eigenvalue weighted by Crippen LogP contribution is 2.24. The van der Waals surface area contributed by atoms with Crippen LogP contribution < -0.4 is 0 Å². The Labute approximate surface area is 101 Å². The van der Waals surface area contributed by atoms with E-state index in [-0.39, 0.29) is 6.10 Å². The van der Waals surface area contributed by atoms with Gasteiger partial charge in [-0.25, -0.2) is 4.98 Å². The van der Waals surface area contributed by atoms with E-state index in [0.717, 1.165) is 23.5 Å². The van der Waals surface area contributed by atoms with Crippen LogP contribution in [-0.2, 0) is 0 Å². The number of aliphatic hydroxyl groups excluding tert-OH is 1. The van der Waals surface area contributed by atoms with E-state index in [9.17, 15) is 5.11 Å². The third-order valence-corrected chi connectivity index (χ3v) is 4.28. The predicted molar refractivity (Wildman–Crippen MR) is 66.7 cm³/mol. The molecule has 1 saturated heterocycles. The third kappa shape index (κ3) is 3.03. The number of aromatic nitrogens is 1. The Kier molecular flexibility index (Phi) is 4.32. The van der Waals surface area contributed by atoms with Gasteiger partial charge < -0.3 is 10.0 Å². The lowest BCUT2D eigenvalue weighted by molar-refractivity contribution is 0.136. The van der Waals surface area contributed by atoms with Crippen LogP contribution in [0, 0.1) is 6.92 Å². The molecular weight excluding hydrogens is 220 g/mol. The minimum Gasteiger partial charge on any atom is -0.387 e. The van der Waals surface area contributed by atoms with Crippen molar-refractivity contribution in [1.29, 1.82) is 0 Å². The molecule has 0 radical (unpaired) electrons. The highest BCUT2D eigenvalue weighted by Gasteiger charge is 2.16. The van der Waals surface area contributed by atoms with Gasteiger partial charge in [-0.05, 0) is 39.3 Å². The molecule has 1 unspecified atom stereocenters. The summed E-state index contributed by atoms with van der Waals surface area (Å²) in [4.78, 5) is 7.68. The third-order valence-electron chi connectivity index (χ3n) is 3.25. The molecule has 0 amide bonds. The van der Waals surface area contributed by atoms with Crippen LogP contribution in [0.25, 0.3) is 0 Å². The average Bonchev–Trinajstić information content (AvgIpc) is 2.74. The molecule has 1 aromatic rings. The van der Waals surface area contributed by atoms with Crippen molar-refractivity contribution in [3.8, 4) is 0 Å². The normalized spacial score (nSPS) is 19.9. The molecule has 4 heteroatoms. The Balaban J connectivity index is 1.79. The molecule has 1 atom stereocenters. The van der Waals surface area contributed by atoms with Gasteiger partial charge in [0.15, 0.2) is 0 Å². The molecular formula is C12H20N2OS. The van der Waals surface area contributed by atoms with Gasteiger partial charge in [0, 0.05) is 6.54 Å². The second-order valence-corrected chi connectivity index (χ2v) is 5.40. The summed E-state index contributed by atoms with van der Waals surface area (Å²) < 4.78 is 0. The summed E-state index contributed by atoms with van der Waals surface area (Å²) in [5.74, 6) is 0. The SMILES string of the molecule is Cc1ncsc1C(O)CCN1CCCCC1. The van der Waals surface area contributed by atoms with Crippen LogP contribution in [0.5, 0.6) is 0 Å². The van der Waals surface area contributed by atoms with Crippen LogP contribution in [-0.4, -0.2) is 34.6 Å². The van der Waals surface area contributed by atoms with Crippen LogP contribution in [0.15, 0.2) is 5.51 Å². The molecule has 1 fully saturated rings. The van der Waals surface area contributed by atoms with Gasteiger partial charge >= 0.3 is 0 Å². The van der Waals surface area contributed by atoms with Crippen molar-refractivity contribution >= 4 is 11.3 Å². The second-order valence-electron chi connectivity index (χ2n) is 4.51. The van der Waals surface area contributed by atoms with Gasteiger partial charge in [0.25, 0.3) is 0 Å². The van der Waals surface area contributed by atoms with Gasteiger partial charge in [0.05, 0.1) is 22.2 Å². The maximum Gasteiger partial charge on any atom is 0.0912 e. The number of aliphatic hydroxyl groups is 1. The second kappa shape index (κ2) is 5.75. The number of hydrogen-bond donors (Lipinski definition) is 1. The maximum atomic E-state index is 10.1. The van der Waals surface area contributed by atoms with Crippen molar-refractivity contribution in [2.75, 3.05) is 19.6 Å². The fraction of sp³-hybridized carbons (Fsp3) is 0.750. The summed E-state index contributed by atoms with van der Waals surface area (Å²) in [6.07, 6.45) is 4.51. The molecule has 0 aromatic carbocycles. The van der Waals surface area contributed by atoms with Gasteiger partial charge in [0.1, 0.15) is 0 Å². The Morgan fingerprint density at radius 3 is 2.81 bits per heavy atom. The fourth-order valence-corrected chi connectivity index (χ4v) is 3.07. The number of thiazole rings is 1. The summed E-state index contributed by atoms with van der Waals surface area (Å²) in [5, 5.41) is 10.1. The van der Waals surface area contributed by atoms with E-state index in [1.54, 1.807) is 11.3 Å². The fourth-order valence-electron chi connectivity index (χ4n) is 2.25. The Bertz CT molecular complexity index is 321. The molecule has 0 saturated carbocycles. The highest BCUT2D eigenvalue weighted by molar-refractivity contribution is 7.09. The van der Waals surface area contributed by atoms with Crippen molar-refractivity contribution in [1.82, 2.24) is 9.88 Å². The Morgan fingerprint density at radius 2 is 2.19 bits per heavy atom. The van der Waals surface area contributed by atoms with E-state index < -0.39 is 0 Å². The summed E-state index contributed by atoms with van der Waals surface area (Å²) in [5.41, 5.74) is 2.80. The Hall–Kier alpha value is -0.450. The van der Waals surface area contributed by atoms with Crippen molar-refractivity contribution in [2.24, 2.45) is 0 Å². The number of piperidine rings is 1. The summed E-state index contributed by atoms with van der Waals surface area (Å²) in [7, 11) is 0. The van der Waals surface area contributed by atoms with E-state index in [1.165, 1.54) is 32.4 Å². The Morgan fingerprint density at radius 1 is 1.44 bits per heavy atom. The predicted octanol–water partition coefficient (Wildman–Crippen LogP) is 2.36. The number of likely N-dealkylation sites (tertiary alicyclic amines) is 1. The van der Waals surface area contributed by atoms with E-state index in [0.29, 0.717) is 0 Å². The zero-order chi connectivity index (χ0) is 11.4. The van der Waals surface area contributed by atoms with E-state index >= 15 is 0 Å². The van der Waals surface area contributed by atoms with E-state index in [2.05, 4.69) is 9.88 Å². The van der Waals surface area contributed by atoms with Gasteiger partial charge in [0.2, 0.25) is 0 Å². The molecule has 2 rings (SSSR count). The minimum atomic E-state index is -0.325. The summed E-state index contributed by atoms with van der Waals surface area (Å²) in [6, 6.07) is 0. The first-order chi connectivity index (χ1) is 7.77. The molecule has 90 valence electrons. The molecule has 0 spiro atoms. The number of aryl methyl sites for hydroxylation is 1. The summed E-state index contributed by atoms with van der Waals surface area (Å²) >= 11 is 1.56. The first kappa shape index (κ1) is 12.0. The number of rotatable bonds is 4. The molecule has 1 aliphatic rings. The largest absolute Gasteiger partial charge is 0.387 e. The smallest absolute Gasteiger partial charge is 0.0912 e. The molecule has 0 aliphatic carbocycles. The maximum absolute atomic E-state index is 10.1. The lowest BCUT2D eigenvalue weighted by atomic mass is 10.1. The first-order valence-electron chi connectivity index (χ1n) is 6.08. The topological polar surface area (TPSA) is 36.4 Å². The molecule has 0 bridgehead atoms. The molecule has 3 nitrogen and oxygen atoms in total. The summed E-state index contributed by atoms with van der Waals surface area (Å²) in [6.45, 7) is 5.39. The van der Waals surface area contributed by atoms with Crippen molar-refractivity contribution < 1.29 is 5.11 Å². The zero-order valence-corrected chi connectivity index (χ0v) is 10.7. The van der Waals surface area contributed by atoms with Crippen molar-refractivity contribution in [3.05, 3.63) is 16.1 Å². The minimum absolute atomic E-state index is 0.325. The lowest BCUT2D eigenvalue weighted by Gasteiger charge is -2.27. The van der Waals surface area contributed by atoms with Crippen LogP contribution in [0.2, 0.25) is 0 Å². The van der Waals surface area contributed by atoms with Gasteiger partial charge in [-0.3, -0.25) is 0 Å². The number of hydrogen-bond acceptors (Lipinski definition) is 4. The van der Waals surface area contributed by atoms with Gasteiger partial charge in [-0.15, -0.1) is 11.3 Å². The van der Waals surface area contributed by atoms with Gasteiger partial charge in [-0.2, -0.15) is 0 Å². The van der Waals surface area contributed by atoms with Crippen LogP contribution in [0.3, 0.4) is 0 Å². The molecule has 16 heavy (non-hydrogen) atoms. The molecule has 2 heterocycles. The zero-order valence-electron chi connectivity index (χ0n) is 9.85. The van der Waals surface area contributed by atoms with E-state index in [4.69, 9.17) is 0 Å². The average molecular weight is 240 g/mol.